The molecule has 0 aromatic heterocycles. The van der Waals surface area contributed by atoms with Gasteiger partial charge in [0.25, 0.3) is 0 Å². The van der Waals surface area contributed by atoms with E-state index in [2.05, 4.69) is 11.4 Å². The van der Waals surface area contributed by atoms with Crippen molar-refractivity contribution >= 4 is 11.6 Å². The molecule has 104 valence electrons. The van der Waals surface area contributed by atoms with E-state index in [1.165, 1.54) is 0 Å². The van der Waals surface area contributed by atoms with E-state index in [1.807, 2.05) is 36.4 Å². The lowest BCUT2D eigenvalue weighted by Crippen LogP contribution is -2.35. The van der Waals surface area contributed by atoms with Gasteiger partial charge in [0.05, 0.1) is 24.7 Å². The highest BCUT2D eigenvalue weighted by molar-refractivity contribution is 5.96. The maximum Gasteiger partial charge on any atom is 0.241 e. The molecule has 2 aromatic carbocycles. The van der Waals surface area contributed by atoms with Crippen LogP contribution in [0.5, 0.6) is 0 Å². The predicted octanol–water partition coefficient (Wildman–Crippen LogP) is 2.19. The van der Waals surface area contributed by atoms with Crippen LogP contribution in [0.15, 0.2) is 48.5 Å². The molecule has 0 unspecified atom stereocenters. The highest BCUT2D eigenvalue weighted by Crippen LogP contribution is 2.24. The molecule has 21 heavy (non-hydrogen) atoms. The van der Waals surface area contributed by atoms with Crippen molar-refractivity contribution in [1.29, 1.82) is 5.26 Å². The molecule has 0 fully saturated rings. The van der Waals surface area contributed by atoms with Gasteiger partial charge in [-0.2, -0.15) is 5.26 Å². The molecule has 4 nitrogen and oxygen atoms in total. The first kappa shape index (κ1) is 13.3. The third kappa shape index (κ3) is 2.78. The van der Waals surface area contributed by atoms with Crippen LogP contribution >= 0.6 is 0 Å². The van der Waals surface area contributed by atoms with E-state index in [0.717, 1.165) is 16.8 Å². The van der Waals surface area contributed by atoms with Crippen LogP contribution in [-0.2, 0) is 17.9 Å². The number of benzene rings is 2. The molecule has 4 heteroatoms. The molecule has 0 spiro atoms. The van der Waals surface area contributed by atoms with Gasteiger partial charge < -0.3 is 10.2 Å². The Labute approximate surface area is 123 Å². The molecular weight excluding hydrogens is 262 g/mol. The third-order valence-electron chi connectivity index (χ3n) is 3.60. The van der Waals surface area contributed by atoms with Gasteiger partial charge in [0.1, 0.15) is 0 Å². The largest absolute Gasteiger partial charge is 0.307 e. The number of anilines is 1. The molecule has 0 saturated carbocycles. The molecule has 1 amide bonds. The maximum atomic E-state index is 12.3. The zero-order valence-corrected chi connectivity index (χ0v) is 11.5. The minimum absolute atomic E-state index is 0.0595. The fourth-order valence-electron chi connectivity index (χ4n) is 2.50. The van der Waals surface area contributed by atoms with E-state index in [4.69, 9.17) is 5.26 Å². The second-order valence-electron chi connectivity index (χ2n) is 5.02. The van der Waals surface area contributed by atoms with E-state index >= 15 is 0 Å². The zero-order chi connectivity index (χ0) is 14.7. The van der Waals surface area contributed by atoms with Crippen LogP contribution in [0.4, 0.5) is 5.69 Å². The maximum absolute atomic E-state index is 12.3. The van der Waals surface area contributed by atoms with Crippen LogP contribution in [0, 0.1) is 11.3 Å². The van der Waals surface area contributed by atoms with Crippen LogP contribution in [0.1, 0.15) is 16.7 Å². The number of carbonyl (C=O) groups excluding carboxylic acids is 1. The minimum Gasteiger partial charge on any atom is -0.307 e. The summed E-state index contributed by atoms with van der Waals surface area (Å²) in [5.41, 5.74) is 3.72. The number of hydrogen-bond acceptors (Lipinski definition) is 3. The van der Waals surface area contributed by atoms with Gasteiger partial charge in [-0.15, -0.1) is 0 Å². The quantitative estimate of drug-likeness (QED) is 0.915. The minimum atomic E-state index is 0.0595. The highest BCUT2D eigenvalue weighted by Gasteiger charge is 2.21. The van der Waals surface area contributed by atoms with Crippen molar-refractivity contribution in [2.75, 3.05) is 11.4 Å². The van der Waals surface area contributed by atoms with Crippen LogP contribution in [-0.4, -0.2) is 12.5 Å². The summed E-state index contributed by atoms with van der Waals surface area (Å²) in [7, 11) is 0. The van der Waals surface area contributed by atoms with E-state index in [-0.39, 0.29) is 5.91 Å². The standard InChI is InChI=1S/C17H15N3O/c18-9-13-5-7-14(8-6-13)12-20-16-4-2-1-3-15(16)10-19-11-17(20)21/h1-8,19H,10-12H2. The summed E-state index contributed by atoms with van der Waals surface area (Å²) in [5, 5.41) is 12.0. The number of para-hydroxylation sites is 1. The van der Waals surface area contributed by atoms with Gasteiger partial charge in [0.15, 0.2) is 0 Å². The van der Waals surface area contributed by atoms with Gasteiger partial charge in [0, 0.05) is 12.2 Å². The zero-order valence-electron chi connectivity index (χ0n) is 11.5. The van der Waals surface area contributed by atoms with Gasteiger partial charge >= 0.3 is 0 Å². The molecule has 0 aliphatic carbocycles. The smallest absolute Gasteiger partial charge is 0.241 e. The molecular formula is C17H15N3O. The fourth-order valence-corrected chi connectivity index (χ4v) is 2.50. The fraction of sp³-hybridized carbons (Fsp3) is 0.176. The molecule has 3 rings (SSSR count). The first-order chi connectivity index (χ1) is 10.3. The van der Waals surface area contributed by atoms with E-state index in [0.29, 0.717) is 25.2 Å². The van der Waals surface area contributed by atoms with Crippen LogP contribution in [0.25, 0.3) is 0 Å². The lowest BCUT2D eigenvalue weighted by molar-refractivity contribution is -0.117. The molecule has 0 radical (unpaired) electrons. The molecule has 0 atom stereocenters. The molecule has 0 saturated heterocycles. The molecule has 1 aliphatic heterocycles. The first-order valence-electron chi connectivity index (χ1n) is 6.86. The van der Waals surface area contributed by atoms with Gasteiger partial charge in [-0.25, -0.2) is 0 Å². The van der Waals surface area contributed by atoms with E-state index < -0.39 is 0 Å². The van der Waals surface area contributed by atoms with Crippen LogP contribution < -0.4 is 10.2 Å². The van der Waals surface area contributed by atoms with Crippen molar-refractivity contribution in [2.24, 2.45) is 0 Å². The molecule has 1 aliphatic rings. The Hall–Kier alpha value is -2.64. The number of nitriles is 1. The molecule has 1 heterocycles. The number of amides is 1. The summed E-state index contributed by atoms with van der Waals surface area (Å²) in [4.78, 5) is 14.1. The van der Waals surface area contributed by atoms with Gasteiger partial charge in [-0.3, -0.25) is 4.79 Å². The Balaban J connectivity index is 1.92. The summed E-state index contributed by atoms with van der Waals surface area (Å²) in [5.74, 6) is 0.0595. The predicted molar refractivity (Wildman–Crippen MR) is 80.5 cm³/mol. The summed E-state index contributed by atoms with van der Waals surface area (Å²) in [6.45, 7) is 1.56. The number of nitrogens with zero attached hydrogens (tertiary/aromatic N) is 2. The average molecular weight is 277 g/mol. The SMILES string of the molecule is N#Cc1ccc(CN2C(=O)CNCc3ccccc32)cc1. The van der Waals surface area contributed by atoms with Gasteiger partial charge in [-0.05, 0) is 29.3 Å². The van der Waals surface area contributed by atoms with Crippen molar-refractivity contribution in [3.05, 3.63) is 65.2 Å². The van der Waals surface area contributed by atoms with Crippen molar-refractivity contribution < 1.29 is 4.79 Å². The number of fused-ring (bicyclic) bond motifs is 1. The van der Waals surface area contributed by atoms with Crippen LogP contribution in [0.3, 0.4) is 0 Å². The Morgan fingerprint density at radius 2 is 1.86 bits per heavy atom. The summed E-state index contributed by atoms with van der Waals surface area (Å²) in [6.07, 6.45) is 0. The Kier molecular flexibility index (Phi) is 3.67. The highest BCUT2D eigenvalue weighted by atomic mass is 16.2. The van der Waals surface area contributed by atoms with Crippen molar-refractivity contribution in [2.45, 2.75) is 13.1 Å². The monoisotopic (exact) mass is 277 g/mol. The Morgan fingerprint density at radius 1 is 1.10 bits per heavy atom. The van der Waals surface area contributed by atoms with Crippen molar-refractivity contribution in [3.8, 4) is 6.07 Å². The molecule has 1 N–H and O–H groups in total. The number of nitrogens with one attached hydrogen (secondary N) is 1. The second-order valence-corrected chi connectivity index (χ2v) is 5.02. The summed E-state index contributed by atoms with van der Waals surface area (Å²) < 4.78 is 0. The third-order valence-corrected chi connectivity index (χ3v) is 3.60. The number of carbonyl (C=O) groups is 1. The Morgan fingerprint density at radius 3 is 2.62 bits per heavy atom. The summed E-state index contributed by atoms with van der Waals surface area (Å²) >= 11 is 0. The van der Waals surface area contributed by atoms with Crippen molar-refractivity contribution in [3.63, 3.8) is 0 Å². The average Bonchev–Trinajstić information content (AvgIpc) is 2.68. The molecule has 0 bridgehead atoms. The summed E-state index contributed by atoms with van der Waals surface area (Å²) in [6, 6.07) is 17.4. The van der Waals surface area contributed by atoms with Gasteiger partial charge in [0.2, 0.25) is 5.91 Å². The normalized spacial score (nSPS) is 14.2. The topological polar surface area (TPSA) is 56.1 Å². The van der Waals surface area contributed by atoms with E-state index in [9.17, 15) is 4.79 Å². The van der Waals surface area contributed by atoms with Crippen LogP contribution in [0.2, 0.25) is 0 Å². The first-order valence-corrected chi connectivity index (χ1v) is 6.86. The van der Waals surface area contributed by atoms with Gasteiger partial charge in [-0.1, -0.05) is 30.3 Å². The lowest BCUT2D eigenvalue weighted by atomic mass is 10.1. The lowest BCUT2D eigenvalue weighted by Gasteiger charge is -2.22. The van der Waals surface area contributed by atoms with E-state index in [1.54, 1.807) is 17.0 Å². The Bertz CT molecular complexity index is 701. The molecule has 2 aromatic rings. The van der Waals surface area contributed by atoms with Crippen molar-refractivity contribution in [1.82, 2.24) is 5.32 Å². The number of hydrogen-bond donors (Lipinski definition) is 1. The number of rotatable bonds is 2. The second kappa shape index (κ2) is 5.78.